The molecule has 2 aliphatic heterocycles. The van der Waals surface area contributed by atoms with Gasteiger partial charge in [-0.1, -0.05) is 30.3 Å². The van der Waals surface area contributed by atoms with Crippen molar-refractivity contribution in [2.45, 2.75) is 63.9 Å². The molecule has 1 aromatic heterocycles. The zero-order valence-electron chi connectivity index (χ0n) is 23.9. The molecule has 0 bridgehead atoms. The number of benzene rings is 1. The number of pyridine rings is 1. The Kier molecular flexibility index (Phi) is 9.08. The quantitative estimate of drug-likeness (QED) is 0.343. The summed E-state index contributed by atoms with van der Waals surface area (Å²) in [5, 5.41) is 19.4. The van der Waals surface area contributed by atoms with Gasteiger partial charge in [0.2, 0.25) is 0 Å². The number of nitrogens with zero attached hydrogens (tertiary/aromatic N) is 6. The van der Waals surface area contributed by atoms with E-state index in [4.69, 9.17) is 4.74 Å². The van der Waals surface area contributed by atoms with E-state index in [1.807, 2.05) is 41.3 Å². The summed E-state index contributed by atoms with van der Waals surface area (Å²) in [5.74, 6) is -0.825. The summed E-state index contributed by atoms with van der Waals surface area (Å²) >= 11 is 0. The van der Waals surface area contributed by atoms with Crippen molar-refractivity contribution >= 4 is 22.0 Å². The first-order chi connectivity index (χ1) is 20.1. The van der Waals surface area contributed by atoms with Crippen LogP contribution in [0.15, 0.2) is 30.3 Å². The number of rotatable bonds is 6. The summed E-state index contributed by atoms with van der Waals surface area (Å²) in [7, 11) is -6.13. The summed E-state index contributed by atoms with van der Waals surface area (Å²) in [6.07, 6.45) is -0.315. The monoisotopic (exact) mass is 620 g/mol. The van der Waals surface area contributed by atoms with Crippen molar-refractivity contribution in [3.8, 4) is 18.0 Å². The predicted octanol–water partition coefficient (Wildman–Crippen LogP) is 4.08. The maximum absolute atomic E-state index is 13.3. The molecular formula is C28H31F3N6O5S. The third-order valence-electron chi connectivity index (χ3n) is 6.99. The molecule has 0 saturated carbocycles. The van der Waals surface area contributed by atoms with Gasteiger partial charge < -0.3 is 18.7 Å². The smallest absolute Gasteiger partial charge is 0.444 e. The second kappa shape index (κ2) is 12.3. The fourth-order valence-corrected chi connectivity index (χ4v) is 5.52. The third kappa shape index (κ3) is 7.29. The SMILES string of the molecule is CC(C)(C)OC(=O)N1CCN(c2nc(OS(=O)(=O)C(F)(F)F)c(C#N)c3c2CCN(Cc2ccccc2)C3)CC1CC#N. The number of anilines is 1. The first-order valence-corrected chi connectivity index (χ1v) is 14.9. The van der Waals surface area contributed by atoms with E-state index in [-0.39, 0.29) is 38.4 Å². The van der Waals surface area contributed by atoms with E-state index in [0.29, 0.717) is 30.6 Å². The molecule has 0 aliphatic carbocycles. The molecule has 11 nitrogen and oxygen atoms in total. The number of piperazine rings is 1. The highest BCUT2D eigenvalue weighted by Crippen LogP contribution is 2.38. The molecular weight excluding hydrogens is 589 g/mol. The Balaban J connectivity index is 1.75. The van der Waals surface area contributed by atoms with Crippen LogP contribution in [-0.2, 0) is 34.4 Å². The number of hydrogen-bond donors (Lipinski definition) is 0. The highest BCUT2D eigenvalue weighted by Gasteiger charge is 2.49. The molecule has 1 amide bonds. The minimum Gasteiger partial charge on any atom is -0.444 e. The Hall–Kier alpha value is -4.08. The molecule has 1 unspecified atom stereocenters. The van der Waals surface area contributed by atoms with E-state index in [1.165, 1.54) is 4.90 Å². The number of carbonyl (C=O) groups excluding carboxylic acids is 1. The summed E-state index contributed by atoms with van der Waals surface area (Å²) in [5.41, 5.74) is -5.06. The van der Waals surface area contributed by atoms with Crippen molar-refractivity contribution < 1.29 is 35.3 Å². The number of hydrogen-bond acceptors (Lipinski definition) is 10. The maximum atomic E-state index is 13.3. The number of aromatic nitrogens is 1. The highest BCUT2D eigenvalue weighted by atomic mass is 32.2. The van der Waals surface area contributed by atoms with Crippen LogP contribution in [0.25, 0.3) is 0 Å². The minimum atomic E-state index is -6.13. The van der Waals surface area contributed by atoms with Crippen LogP contribution < -0.4 is 9.08 Å². The molecule has 1 saturated heterocycles. The van der Waals surface area contributed by atoms with Crippen LogP contribution in [0.5, 0.6) is 5.88 Å². The topological polar surface area (TPSA) is 140 Å². The predicted molar refractivity (Wildman–Crippen MR) is 148 cm³/mol. The molecule has 1 fully saturated rings. The Bertz CT molecular complexity index is 1550. The van der Waals surface area contributed by atoms with Gasteiger partial charge in [0.15, 0.2) is 0 Å². The van der Waals surface area contributed by atoms with E-state index in [2.05, 4.69) is 15.2 Å². The number of ether oxygens (including phenoxy) is 1. The number of halogens is 3. The molecule has 3 heterocycles. The van der Waals surface area contributed by atoms with Gasteiger partial charge in [0.1, 0.15) is 23.1 Å². The number of carbonyl (C=O) groups is 1. The Morgan fingerprint density at radius 2 is 1.79 bits per heavy atom. The largest absolute Gasteiger partial charge is 0.534 e. The van der Waals surface area contributed by atoms with Crippen LogP contribution in [-0.4, -0.2) is 72.6 Å². The Morgan fingerprint density at radius 1 is 1.09 bits per heavy atom. The average Bonchev–Trinajstić information content (AvgIpc) is 2.91. The van der Waals surface area contributed by atoms with Crippen molar-refractivity contribution in [3.05, 3.63) is 52.6 Å². The zero-order chi connectivity index (χ0) is 31.6. The van der Waals surface area contributed by atoms with Crippen LogP contribution in [0, 0.1) is 22.7 Å². The molecule has 15 heteroatoms. The van der Waals surface area contributed by atoms with E-state index >= 15 is 0 Å². The Morgan fingerprint density at radius 3 is 2.40 bits per heavy atom. The molecule has 0 spiro atoms. The minimum absolute atomic E-state index is 0.0646. The molecule has 230 valence electrons. The van der Waals surface area contributed by atoms with Crippen LogP contribution >= 0.6 is 0 Å². The van der Waals surface area contributed by atoms with Gasteiger partial charge in [-0.15, -0.1) is 0 Å². The van der Waals surface area contributed by atoms with E-state index in [1.54, 1.807) is 25.7 Å². The zero-order valence-corrected chi connectivity index (χ0v) is 24.7. The highest BCUT2D eigenvalue weighted by molar-refractivity contribution is 7.88. The van der Waals surface area contributed by atoms with Gasteiger partial charge >= 0.3 is 21.7 Å². The standard InChI is InChI=1S/C28H31F3N6O5S/c1-27(2,3)41-26(38)37-14-13-36(17-20(37)9-11-32)24-21-10-12-35(16-19-7-5-4-6-8-19)18-23(21)22(15-33)25(34-24)42-43(39,40)28(29,30)31/h4-8,20H,9-10,12-14,16-18H2,1-3H3. The van der Waals surface area contributed by atoms with Crippen molar-refractivity contribution in [1.82, 2.24) is 14.8 Å². The summed E-state index contributed by atoms with van der Waals surface area (Å²) in [6.45, 7) is 6.62. The average molecular weight is 621 g/mol. The van der Waals surface area contributed by atoms with Gasteiger partial charge in [0.25, 0.3) is 5.88 Å². The van der Waals surface area contributed by atoms with Crippen LogP contribution in [0.1, 0.15) is 49.4 Å². The fraction of sp³-hybridized carbons (Fsp3) is 0.500. The summed E-state index contributed by atoms with van der Waals surface area (Å²) < 4.78 is 73.9. The molecule has 1 aromatic carbocycles. The molecule has 43 heavy (non-hydrogen) atoms. The van der Waals surface area contributed by atoms with Crippen LogP contribution in [0.2, 0.25) is 0 Å². The summed E-state index contributed by atoms with van der Waals surface area (Å²) in [4.78, 5) is 22.2. The van der Waals surface area contributed by atoms with Gasteiger partial charge in [-0.2, -0.15) is 37.1 Å². The molecule has 4 rings (SSSR count). The first kappa shape index (κ1) is 31.8. The van der Waals surface area contributed by atoms with Crippen molar-refractivity contribution in [2.75, 3.05) is 31.1 Å². The lowest BCUT2D eigenvalue weighted by atomic mass is 9.95. The van der Waals surface area contributed by atoms with Gasteiger partial charge in [0, 0.05) is 44.8 Å². The first-order valence-electron chi connectivity index (χ1n) is 13.5. The van der Waals surface area contributed by atoms with Crippen molar-refractivity contribution in [2.24, 2.45) is 0 Å². The third-order valence-corrected chi connectivity index (χ3v) is 7.93. The fourth-order valence-electron chi connectivity index (χ4n) is 5.10. The van der Waals surface area contributed by atoms with E-state index < -0.39 is 44.8 Å². The molecule has 1 atom stereocenters. The molecule has 2 aliphatic rings. The molecule has 0 radical (unpaired) electrons. The van der Waals surface area contributed by atoms with Crippen molar-refractivity contribution in [1.29, 1.82) is 10.5 Å². The van der Waals surface area contributed by atoms with Gasteiger partial charge in [0.05, 0.1) is 18.5 Å². The van der Waals surface area contributed by atoms with Gasteiger partial charge in [-0.05, 0) is 38.3 Å². The lowest BCUT2D eigenvalue weighted by molar-refractivity contribution is -0.0501. The number of alkyl halides is 3. The Labute approximate surface area is 248 Å². The summed E-state index contributed by atoms with van der Waals surface area (Å²) in [6, 6.07) is 12.7. The number of nitriles is 2. The molecule has 0 N–H and O–H groups in total. The van der Waals surface area contributed by atoms with E-state index in [9.17, 15) is 36.9 Å². The number of amides is 1. The second-order valence-corrected chi connectivity index (χ2v) is 12.8. The van der Waals surface area contributed by atoms with Crippen LogP contribution in [0.3, 0.4) is 0 Å². The lowest BCUT2D eigenvalue weighted by Gasteiger charge is -2.42. The van der Waals surface area contributed by atoms with Gasteiger partial charge in [-0.3, -0.25) is 4.90 Å². The van der Waals surface area contributed by atoms with Gasteiger partial charge in [-0.25, -0.2) is 4.79 Å². The van der Waals surface area contributed by atoms with Crippen molar-refractivity contribution in [3.63, 3.8) is 0 Å². The number of fused-ring (bicyclic) bond motifs is 1. The lowest BCUT2D eigenvalue weighted by Crippen LogP contribution is -2.56. The normalized spacial score (nSPS) is 17.9. The second-order valence-electron chi connectivity index (χ2n) is 11.2. The van der Waals surface area contributed by atoms with E-state index in [0.717, 1.165) is 5.56 Å². The maximum Gasteiger partial charge on any atom is 0.534 e. The molecule has 2 aromatic rings. The van der Waals surface area contributed by atoms with Crippen LogP contribution in [0.4, 0.5) is 23.8 Å².